The predicted molar refractivity (Wildman–Crippen MR) is 147 cm³/mol. The number of ether oxygens (including phenoxy) is 4. The zero-order valence-corrected chi connectivity index (χ0v) is 25.5. The molecule has 0 aromatic carbocycles. The summed E-state index contributed by atoms with van der Waals surface area (Å²) in [7, 11) is 0. The highest BCUT2D eigenvalue weighted by Crippen LogP contribution is 2.59. The van der Waals surface area contributed by atoms with E-state index in [1.807, 2.05) is 27.7 Å². The van der Waals surface area contributed by atoms with Gasteiger partial charge in [-0.3, -0.25) is 14.4 Å². The van der Waals surface area contributed by atoms with Crippen molar-refractivity contribution in [1.29, 1.82) is 0 Å². The fourth-order valence-corrected chi connectivity index (χ4v) is 8.44. The monoisotopic (exact) mass is 576 g/mol. The quantitative estimate of drug-likeness (QED) is 0.328. The Balaban J connectivity index is 0.000000166. The largest absolute Gasteiger partial charge is 0.459 e. The fraction of sp³-hybridized carbons (Fsp3) is 0.875. The van der Waals surface area contributed by atoms with E-state index >= 15 is 0 Å². The molecule has 1 saturated heterocycles. The van der Waals surface area contributed by atoms with Gasteiger partial charge in [-0.25, -0.2) is 4.79 Å². The summed E-state index contributed by atoms with van der Waals surface area (Å²) in [5.41, 5.74) is -1.93. The predicted octanol–water partition coefficient (Wildman–Crippen LogP) is 4.51. The summed E-state index contributed by atoms with van der Waals surface area (Å²) in [6, 6.07) is 0. The lowest BCUT2D eigenvalue weighted by Crippen LogP contribution is -2.61. The second-order valence-corrected chi connectivity index (χ2v) is 15.2. The van der Waals surface area contributed by atoms with Crippen LogP contribution in [0.3, 0.4) is 0 Å². The van der Waals surface area contributed by atoms with E-state index in [4.69, 9.17) is 18.9 Å². The number of esters is 4. The van der Waals surface area contributed by atoms with Crippen LogP contribution >= 0.6 is 0 Å². The van der Waals surface area contributed by atoms with Gasteiger partial charge in [0.05, 0.1) is 22.3 Å². The number of rotatable bonds is 8. The van der Waals surface area contributed by atoms with E-state index in [0.717, 1.165) is 44.9 Å². The van der Waals surface area contributed by atoms with E-state index in [1.54, 1.807) is 13.8 Å². The highest BCUT2D eigenvalue weighted by atomic mass is 16.6. The van der Waals surface area contributed by atoms with Gasteiger partial charge in [0.1, 0.15) is 17.8 Å². The molecule has 7 aliphatic rings. The maximum atomic E-state index is 12.4. The van der Waals surface area contributed by atoms with E-state index in [2.05, 4.69) is 0 Å². The van der Waals surface area contributed by atoms with Gasteiger partial charge < -0.3 is 24.1 Å². The normalized spacial score (nSPS) is 39.6. The Labute approximate surface area is 243 Å². The zero-order chi connectivity index (χ0) is 30.0. The number of carbonyl (C=O) groups is 4. The molecule has 0 radical (unpaired) electrons. The molecule has 0 aromatic rings. The minimum absolute atomic E-state index is 0.00636. The van der Waals surface area contributed by atoms with Crippen LogP contribution in [0.15, 0.2) is 0 Å². The second-order valence-electron chi connectivity index (χ2n) is 15.2. The van der Waals surface area contributed by atoms with Crippen molar-refractivity contribution in [3.05, 3.63) is 0 Å². The first-order valence-electron chi connectivity index (χ1n) is 15.6. The standard InChI is InChI=1S/C16H22O6.C16H26O3/c1-4-16(2,3)15(19)20-7-11(17)21-12-8-5-9-10(6-8)14(18)22-13(9)12;1-4-14(2,3)13(17)19-16-8-11-5-12(9-16)7-15(18,6-11)10-16/h8-10,12-13H,4-7H2,1-3H3;11-12,18H,4-10H2,1-3H3. The van der Waals surface area contributed by atoms with E-state index in [0.29, 0.717) is 24.7 Å². The lowest BCUT2D eigenvalue weighted by Gasteiger charge is -2.59. The van der Waals surface area contributed by atoms with Crippen LogP contribution in [0.1, 0.15) is 106 Å². The van der Waals surface area contributed by atoms with Crippen molar-refractivity contribution in [2.24, 2.45) is 40.4 Å². The van der Waals surface area contributed by atoms with Crippen LogP contribution in [0.25, 0.3) is 0 Å². The molecular formula is C32H48O9. The molecule has 6 aliphatic carbocycles. The average molecular weight is 577 g/mol. The molecular weight excluding hydrogens is 528 g/mol. The number of fused-ring (bicyclic) bond motifs is 1. The van der Waals surface area contributed by atoms with Crippen molar-refractivity contribution in [1.82, 2.24) is 0 Å². The summed E-state index contributed by atoms with van der Waals surface area (Å²) >= 11 is 0. The Hall–Kier alpha value is -2.16. The van der Waals surface area contributed by atoms with Gasteiger partial charge in [0, 0.05) is 18.3 Å². The van der Waals surface area contributed by atoms with Gasteiger partial charge in [0.15, 0.2) is 6.61 Å². The van der Waals surface area contributed by atoms with Crippen molar-refractivity contribution in [3.63, 3.8) is 0 Å². The topological polar surface area (TPSA) is 125 Å². The molecule has 6 bridgehead atoms. The lowest BCUT2D eigenvalue weighted by molar-refractivity contribution is -0.225. The van der Waals surface area contributed by atoms with Gasteiger partial charge in [0.25, 0.3) is 0 Å². The van der Waals surface area contributed by atoms with Crippen LogP contribution in [-0.2, 0) is 38.1 Å². The maximum Gasteiger partial charge on any atom is 0.344 e. The third kappa shape index (κ3) is 5.76. The van der Waals surface area contributed by atoms with Gasteiger partial charge in [-0.2, -0.15) is 0 Å². The highest BCUT2D eigenvalue weighted by molar-refractivity contribution is 5.80. The molecule has 7 unspecified atom stereocenters. The van der Waals surface area contributed by atoms with Crippen LogP contribution in [0.4, 0.5) is 0 Å². The SMILES string of the molecule is CCC(C)(C)C(=O)OC12CC3CC(CC(O)(C3)C1)C2.CCC(C)(C)C(=O)OCC(=O)OC1C2CC3C(=O)OC1C3C2. The molecule has 7 rings (SSSR count). The second kappa shape index (κ2) is 10.5. The number of carbonyl (C=O) groups excluding carboxylic acids is 4. The molecule has 230 valence electrons. The molecule has 7 fully saturated rings. The molecule has 1 N–H and O–H groups in total. The third-order valence-electron chi connectivity index (χ3n) is 11.2. The maximum absolute atomic E-state index is 12.4. The zero-order valence-electron chi connectivity index (χ0n) is 25.5. The van der Waals surface area contributed by atoms with E-state index in [9.17, 15) is 24.3 Å². The number of hydrogen-bond acceptors (Lipinski definition) is 9. The molecule has 1 heterocycles. The molecule has 7 atom stereocenters. The van der Waals surface area contributed by atoms with Gasteiger partial charge in [-0.15, -0.1) is 0 Å². The Morgan fingerprint density at radius 2 is 1.54 bits per heavy atom. The van der Waals surface area contributed by atoms with Crippen molar-refractivity contribution in [2.75, 3.05) is 6.61 Å². The molecule has 9 heteroatoms. The van der Waals surface area contributed by atoms with Gasteiger partial charge in [-0.05, 0) is 97.3 Å². The van der Waals surface area contributed by atoms with Crippen LogP contribution in [-0.4, -0.2) is 59.0 Å². The van der Waals surface area contributed by atoms with E-state index in [-0.39, 0.29) is 54.1 Å². The van der Waals surface area contributed by atoms with Gasteiger partial charge in [0.2, 0.25) is 0 Å². The minimum Gasteiger partial charge on any atom is -0.459 e. The highest BCUT2D eigenvalue weighted by Gasteiger charge is 2.63. The summed E-state index contributed by atoms with van der Waals surface area (Å²) in [6.07, 6.45) is 8.01. The summed E-state index contributed by atoms with van der Waals surface area (Å²) in [6.45, 7) is 11.0. The summed E-state index contributed by atoms with van der Waals surface area (Å²) in [5.74, 6) is 0.271. The lowest BCUT2D eigenvalue weighted by atomic mass is 9.52. The number of hydrogen-bond donors (Lipinski definition) is 1. The third-order valence-corrected chi connectivity index (χ3v) is 11.2. The molecule has 6 saturated carbocycles. The van der Waals surface area contributed by atoms with Gasteiger partial charge in [-0.1, -0.05) is 13.8 Å². The summed E-state index contributed by atoms with van der Waals surface area (Å²) in [5, 5.41) is 10.6. The Morgan fingerprint density at radius 3 is 2.12 bits per heavy atom. The summed E-state index contributed by atoms with van der Waals surface area (Å²) < 4.78 is 21.8. The first-order chi connectivity index (χ1) is 19.1. The molecule has 9 nitrogen and oxygen atoms in total. The molecule has 0 spiro atoms. The van der Waals surface area contributed by atoms with Crippen molar-refractivity contribution in [3.8, 4) is 0 Å². The van der Waals surface area contributed by atoms with Crippen molar-refractivity contribution in [2.45, 2.75) is 129 Å². The van der Waals surface area contributed by atoms with Crippen molar-refractivity contribution < 1.29 is 43.2 Å². The first-order valence-corrected chi connectivity index (χ1v) is 15.6. The molecule has 1 aliphatic heterocycles. The number of aliphatic hydroxyl groups is 1. The molecule has 0 aromatic heterocycles. The van der Waals surface area contributed by atoms with Crippen molar-refractivity contribution >= 4 is 23.9 Å². The fourth-order valence-electron chi connectivity index (χ4n) is 8.44. The van der Waals surface area contributed by atoms with E-state index in [1.165, 1.54) is 6.42 Å². The smallest absolute Gasteiger partial charge is 0.344 e. The Kier molecular flexibility index (Phi) is 7.78. The Bertz CT molecular complexity index is 1060. The average Bonchev–Trinajstić information content (AvgIpc) is 3.51. The Morgan fingerprint density at radius 1 is 0.927 bits per heavy atom. The van der Waals surface area contributed by atoms with Crippen LogP contribution in [0.5, 0.6) is 0 Å². The van der Waals surface area contributed by atoms with E-state index < -0.39 is 28.4 Å². The first kappa shape index (κ1) is 30.3. The van der Waals surface area contributed by atoms with Crippen LogP contribution in [0.2, 0.25) is 0 Å². The van der Waals surface area contributed by atoms with Crippen LogP contribution < -0.4 is 0 Å². The van der Waals surface area contributed by atoms with Gasteiger partial charge >= 0.3 is 23.9 Å². The molecule has 0 amide bonds. The van der Waals surface area contributed by atoms with Crippen LogP contribution in [0, 0.1) is 40.4 Å². The molecule has 41 heavy (non-hydrogen) atoms. The minimum atomic E-state index is -0.610. The summed E-state index contributed by atoms with van der Waals surface area (Å²) in [4.78, 5) is 47.8.